The molecule has 2 atom stereocenters. The van der Waals surface area contributed by atoms with Crippen LogP contribution in [0.4, 0.5) is 0 Å². The number of carbonyl (C=O) groups excluding carboxylic acids is 2. The molecule has 0 bridgehead atoms. The summed E-state index contributed by atoms with van der Waals surface area (Å²) in [6.45, 7) is 4.98. The molecule has 0 aromatic rings. The number of unbranched alkanes of at least 4 members (excludes halogenated alkanes) is 54. The zero-order valence-electron chi connectivity index (χ0n) is 54.3. The van der Waals surface area contributed by atoms with E-state index in [2.05, 4.69) is 43.5 Å². The number of aliphatic hydroxyl groups is 2. The van der Waals surface area contributed by atoms with Crippen LogP contribution in [-0.2, 0) is 14.3 Å². The average Bonchev–Trinajstić information content (AvgIpc) is 3.46. The van der Waals surface area contributed by atoms with Gasteiger partial charge in [-0.25, -0.2) is 0 Å². The quantitative estimate of drug-likeness (QED) is 0.0320. The lowest BCUT2D eigenvalue weighted by molar-refractivity contribution is -0.143. The number of rotatable bonds is 69. The second-order valence-electron chi connectivity index (χ2n) is 25.3. The molecule has 3 N–H and O–H groups in total. The van der Waals surface area contributed by atoms with E-state index in [-0.39, 0.29) is 18.5 Å². The van der Waals surface area contributed by atoms with Crippen molar-refractivity contribution >= 4 is 11.9 Å². The standard InChI is InChI=1S/C74H143NO5/c1-3-5-7-9-11-13-15-17-39-44-48-52-56-60-64-68-74(79)80-69-65-61-57-53-49-45-41-38-36-34-32-30-28-26-24-22-20-18-19-21-23-25-27-29-31-33-35-37-40-43-47-51-55-59-63-67-73(78)75-71(70-76)72(77)66-62-58-54-50-46-42-16-14-12-10-8-6-4-2/h17,20,22,39,71-72,76-77H,3-16,18-19,21,23-38,40-70H2,1-2H3,(H,75,78)/b22-20-,39-17-. The molecular weight excluding hydrogens is 983 g/mol. The van der Waals surface area contributed by atoms with Crippen molar-refractivity contribution in [2.45, 2.75) is 424 Å². The van der Waals surface area contributed by atoms with Crippen molar-refractivity contribution in [1.29, 1.82) is 0 Å². The number of allylic oxidation sites excluding steroid dienone is 4. The molecule has 0 fully saturated rings. The van der Waals surface area contributed by atoms with Crippen LogP contribution in [0.1, 0.15) is 412 Å². The van der Waals surface area contributed by atoms with Crippen LogP contribution in [0.2, 0.25) is 0 Å². The highest BCUT2D eigenvalue weighted by molar-refractivity contribution is 5.76. The summed E-state index contributed by atoms with van der Waals surface area (Å²) in [5.74, 6) is -0.0163. The van der Waals surface area contributed by atoms with Crippen LogP contribution in [0.15, 0.2) is 24.3 Å². The number of amides is 1. The first kappa shape index (κ1) is 78.3. The lowest BCUT2D eigenvalue weighted by Gasteiger charge is -2.22. The van der Waals surface area contributed by atoms with E-state index >= 15 is 0 Å². The van der Waals surface area contributed by atoms with Gasteiger partial charge in [0.2, 0.25) is 5.91 Å². The first-order valence-electron chi connectivity index (χ1n) is 36.6. The fourth-order valence-electron chi connectivity index (χ4n) is 11.6. The summed E-state index contributed by atoms with van der Waals surface area (Å²) in [4.78, 5) is 24.6. The Morgan fingerprint density at radius 1 is 0.338 bits per heavy atom. The van der Waals surface area contributed by atoms with Crippen LogP contribution in [0.5, 0.6) is 0 Å². The number of carbonyl (C=O) groups is 2. The Morgan fingerprint density at radius 2 is 0.588 bits per heavy atom. The third-order valence-corrected chi connectivity index (χ3v) is 17.2. The molecule has 0 aliphatic rings. The van der Waals surface area contributed by atoms with Gasteiger partial charge in [0.1, 0.15) is 0 Å². The molecule has 0 rings (SSSR count). The van der Waals surface area contributed by atoms with Crippen LogP contribution in [0, 0.1) is 0 Å². The first-order chi connectivity index (χ1) is 39.5. The van der Waals surface area contributed by atoms with Gasteiger partial charge in [-0.2, -0.15) is 0 Å². The molecule has 0 aliphatic heterocycles. The van der Waals surface area contributed by atoms with E-state index in [1.54, 1.807) is 0 Å². The van der Waals surface area contributed by atoms with Crippen molar-refractivity contribution in [3.63, 3.8) is 0 Å². The molecule has 0 aliphatic carbocycles. The van der Waals surface area contributed by atoms with Gasteiger partial charge >= 0.3 is 5.97 Å². The topological polar surface area (TPSA) is 95.9 Å². The van der Waals surface area contributed by atoms with Gasteiger partial charge in [-0.05, 0) is 77.0 Å². The third-order valence-electron chi connectivity index (χ3n) is 17.2. The third kappa shape index (κ3) is 65.5. The molecular formula is C74H143NO5. The zero-order chi connectivity index (χ0) is 57.8. The van der Waals surface area contributed by atoms with Gasteiger partial charge in [-0.1, -0.05) is 346 Å². The Kier molecular flexibility index (Phi) is 68.4. The van der Waals surface area contributed by atoms with Crippen LogP contribution >= 0.6 is 0 Å². The van der Waals surface area contributed by atoms with E-state index in [4.69, 9.17) is 4.74 Å². The monoisotopic (exact) mass is 1130 g/mol. The van der Waals surface area contributed by atoms with Gasteiger partial charge in [0.15, 0.2) is 0 Å². The molecule has 6 heteroatoms. The Hall–Kier alpha value is -1.66. The Bertz CT molecular complexity index is 1250. The van der Waals surface area contributed by atoms with E-state index in [1.807, 2.05) is 0 Å². The highest BCUT2D eigenvalue weighted by atomic mass is 16.5. The summed E-state index contributed by atoms with van der Waals surface area (Å²) in [7, 11) is 0. The molecule has 6 nitrogen and oxygen atoms in total. The lowest BCUT2D eigenvalue weighted by Crippen LogP contribution is -2.45. The number of aliphatic hydroxyl groups excluding tert-OH is 2. The van der Waals surface area contributed by atoms with Crippen molar-refractivity contribution in [2.24, 2.45) is 0 Å². The van der Waals surface area contributed by atoms with Gasteiger partial charge < -0.3 is 20.3 Å². The molecule has 474 valence electrons. The van der Waals surface area contributed by atoms with Gasteiger partial charge in [0, 0.05) is 12.8 Å². The number of hydrogen-bond donors (Lipinski definition) is 3. The molecule has 0 radical (unpaired) electrons. The van der Waals surface area contributed by atoms with Crippen molar-refractivity contribution < 1.29 is 24.5 Å². The summed E-state index contributed by atoms with van der Waals surface area (Å²) in [6, 6.07) is -0.537. The van der Waals surface area contributed by atoms with E-state index in [0.29, 0.717) is 25.9 Å². The fourth-order valence-corrected chi connectivity index (χ4v) is 11.6. The maximum atomic E-state index is 12.5. The van der Waals surface area contributed by atoms with Crippen molar-refractivity contribution in [3.05, 3.63) is 24.3 Å². The number of hydrogen-bond acceptors (Lipinski definition) is 5. The van der Waals surface area contributed by atoms with Gasteiger partial charge in [-0.15, -0.1) is 0 Å². The molecule has 0 spiro atoms. The summed E-state index contributed by atoms with van der Waals surface area (Å²) >= 11 is 0. The maximum Gasteiger partial charge on any atom is 0.305 e. The second-order valence-corrected chi connectivity index (χ2v) is 25.3. The fraction of sp³-hybridized carbons (Fsp3) is 0.919. The largest absolute Gasteiger partial charge is 0.466 e. The summed E-state index contributed by atoms with van der Waals surface area (Å²) < 4.78 is 5.49. The molecule has 0 aromatic heterocycles. The van der Waals surface area contributed by atoms with E-state index < -0.39 is 12.1 Å². The van der Waals surface area contributed by atoms with Crippen molar-refractivity contribution in [2.75, 3.05) is 13.2 Å². The van der Waals surface area contributed by atoms with Crippen LogP contribution in [0.25, 0.3) is 0 Å². The normalized spacial score (nSPS) is 12.6. The number of esters is 1. The van der Waals surface area contributed by atoms with Crippen LogP contribution < -0.4 is 5.32 Å². The van der Waals surface area contributed by atoms with Gasteiger partial charge in [0.25, 0.3) is 0 Å². The Morgan fingerprint density at radius 3 is 0.887 bits per heavy atom. The smallest absolute Gasteiger partial charge is 0.305 e. The number of ether oxygens (including phenoxy) is 1. The molecule has 1 amide bonds. The predicted octanol–water partition coefficient (Wildman–Crippen LogP) is 23.7. The summed E-state index contributed by atoms with van der Waals surface area (Å²) in [6.07, 6.45) is 88.2. The minimum Gasteiger partial charge on any atom is -0.466 e. The maximum absolute atomic E-state index is 12.5. The summed E-state index contributed by atoms with van der Waals surface area (Å²) in [5.41, 5.74) is 0. The van der Waals surface area contributed by atoms with Crippen molar-refractivity contribution in [3.8, 4) is 0 Å². The van der Waals surface area contributed by atoms with Gasteiger partial charge in [-0.3, -0.25) is 9.59 Å². The molecule has 0 heterocycles. The van der Waals surface area contributed by atoms with Gasteiger partial charge in [0.05, 0.1) is 25.4 Å². The minimum absolute atomic E-state index is 0.0129. The predicted molar refractivity (Wildman–Crippen MR) is 352 cm³/mol. The molecule has 0 saturated carbocycles. The second kappa shape index (κ2) is 69.8. The minimum atomic E-state index is -0.660. The lowest BCUT2D eigenvalue weighted by atomic mass is 10.0. The highest BCUT2D eigenvalue weighted by Gasteiger charge is 2.20. The van der Waals surface area contributed by atoms with Crippen molar-refractivity contribution in [1.82, 2.24) is 5.32 Å². The molecule has 0 saturated heterocycles. The molecule has 80 heavy (non-hydrogen) atoms. The highest BCUT2D eigenvalue weighted by Crippen LogP contribution is 2.19. The first-order valence-corrected chi connectivity index (χ1v) is 36.6. The average molecular weight is 1130 g/mol. The Labute approximate surface area is 501 Å². The van der Waals surface area contributed by atoms with E-state index in [0.717, 1.165) is 44.9 Å². The molecule has 0 aromatic carbocycles. The number of nitrogens with one attached hydrogen (secondary N) is 1. The van der Waals surface area contributed by atoms with Crippen LogP contribution in [-0.4, -0.2) is 47.4 Å². The van der Waals surface area contributed by atoms with E-state index in [1.165, 1.54) is 334 Å². The zero-order valence-corrected chi connectivity index (χ0v) is 54.3. The Balaban J connectivity index is 3.32. The SMILES string of the molecule is CCCCCCCC/C=C\CCCCCCCC(=O)OCCCCCCCCCCCCCCCC/C=C\CCCCCCCCCCCCCCCCCCCC(=O)NC(CO)C(O)CCCCCCCCCCCCCCC. The van der Waals surface area contributed by atoms with E-state index in [9.17, 15) is 19.8 Å². The molecule has 2 unspecified atom stereocenters. The van der Waals surface area contributed by atoms with Crippen LogP contribution in [0.3, 0.4) is 0 Å². The summed E-state index contributed by atoms with van der Waals surface area (Å²) in [5, 5.41) is 23.3.